The number of carbonyl (C=O) groups is 1. The number of halogens is 2. The molecule has 0 bridgehead atoms. The number of benzene rings is 1. The second kappa shape index (κ2) is 5.85. The molecule has 0 saturated carbocycles. The molecule has 2 aromatic rings. The van der Waals surface area contributed by atoms with Gasteiger partial charge in [0.1, 0.15) is 6.54 Å². The molecule has 0 fully saturated rings. The van der Waals surface area contributed by atoms with Gasteiger partial charge in [0.2, 0.25) is 5.91 Å². The van der Waals surface area contributed by atoms with Gasteiger partial charge in [-0.3, -0.25) is 9.48 Å². The van der Waals surface area contributed by atoms with Gasteiger partial charge in [-0.2, -0.15) is 5.10 Å². The molecule has 0 aliphatic heterocycles. The molecule has 0 aliphatic rings. The molecule has 1 heterocycles. The van der Waals surface area contributed by atoms with Gasteiger partial charge in [0.05, 0.1) is 22.1 Å². The Hall–Kier alpha value is -1.53. The Bertz CT molecular complexity index is 669. The first-order chi connectivity index (χ1) is 9.38. The van der Waals surface area contributed by atoms with E-state index in [0.29, 0.717) is 16.4 Å². The molecule has 1 aromatic carbocycles. The molecule has 0 unspecified atom stereocenters. The van der Waals surface area contributed by atoms with Crippen molar-refractivity contribution in [2.75, 3.05) is 11.1 Å². The van der Waals surface area contributed by atoms with Gasteiger partial charge >= 0.3 is 0 Å². The van der Waals surface area contributed by atoms with E-state index in [1.165, 1.54) is 0 Å². The predicted molar refractivity (Wildman–Crippen MR) is 83.9 cm³/mol. The van der Waals surface area contributed by atoms with E-state index in [1.807, 2.05) is 13.8 Å². The zero-order valence-electron chi connectivity index (χ0n) is 11.1. The van der Waals surface area contributed by atoms with Crippen LogP contribution in [0.3, 0.4) is 0 Å². The van der Waals surface area contributed by atoms with E-state index in [0.717, 1.165) is 15.9 Å². The third-order valence-electron chi connectivity index (χ3n) is 2.93. The highest BCUT2D eigenvalue weighted by atomic mass is 79.9. The average molecular weight is 358 g/mol. The molecule has 20 heavy (non-hydrogen) atoms. The van der Waals surface area contributed by atoms with E-state index < -0.39 is 0 Å². The molecule has 3 N–H and O–H groups in total. The second-order valence-electron chi connectivity index (χ2n) is 4.42. The van der Waals surface area contributed by atoms with Crippen molar-refractivity contribution in [1.29, 1.82) is 0 Å². The number of nitrogen functional groups attached to an aromatic ring is 1. The van der Waals surface area contributed by atoms with Crippen LogP contribution in [0.4, 0.5) is 11.4 Å². The minimum absolute atomic E-state index is 0.115. The maximum atomic E-state index is 12.0. The Morgan fingerprint density at radius 3 is 2.75 bits per heavy atom. The van der Waals surface area contributed by atoms with Crippen molar-refractivity contribution in [3.63, 3.8) is 0 Å². The Labute approximate surface area is 130 Å². The molecule has 0 aliphatic carbocycles. The van der Waals surface area contributed by atoms with Crippen LogP contribution in [0.1, 0.15) is 11.4 Å². The highest BCUT2D eigenvalue weighted by Gasteiger charge is 2.11. The molecule has 0 saturated heterocycles. The Morgan fingerprint density at radius 2 is 2.20 bits per heavy atom. The summed E-state index contributed by atoms with van der Waals surface area (Å²) in [7, 11) is 0. The second-order valence-corrected chi connectivity index (χ2v) is 5.68. The minimum atomic E-state index is -0.176. The number of hydrogen-bond donors (Lipinski definition) is 2. The molecule has 1 aromatic heterocycles. The van der Waals surface area contributed by atoms with Crippen molar-refractivity contribution < 1.29 is 4.79 Å². The maximum Gasteiger partial charge on any atom is 0.246 e. The van der Waals surface area contributed by atoms with Crippen molar-refractivity contribution in [3.8, 4) is 0 Å². The molecule has 0 atom stereocenters. The number of aromatic nitrogens is 2. The van der Waals surface area contributed by atoms with Gasteiger partial charge in [-0.05, 0) is 48.0 Å². The van der Waals surface area contributed by atoms with Crippen LogP contribution in [-0.2, 0) is 11.3 Å². The molecular formula is C13H14BrClN4O. The minimum Gasteiger partial charge on any atom is -0.396 e. The van der Waals surface area contributed by atoms with E-state index in [2.05, 4.69) is 26.3 Å². The fourth-order valence-corrected chi connectivity index (χ4v) is 2.27. The van der Waals surface area contributed by atoms with E-state index in [4.69, 9.17) is 17.3 Å². The highest BCUT2D eigenvalue weighted by Crippen LogP contribution is 2.25. The summed E-state index contributed by atoms with van der Waals surface area (Å²) in [4.78, 5) is 12.0. The van der Waals surface area contributed by atoms with Crippen LogP contribution in [0, 0.1) is 13.8 Å². The molecule has 7 heteroatoms. The Balaban J connectivity index is 2.09. The normalized spacial score (nSPS) is 10.6. The van der Waals surface area contributed by atoms with Crippen LogP contribution < -0.4 is 11.1 Å². The van der Waals surface area contributed by atoms with Crippen LogP contribution >= 0.6 is 27.5 Å². The van der Waals surface area contributed by atoms with Gasteiger partial charge in [0.25, 0.3) is 0 Å². The standard InChI is InChI=1S/C13H14BrClN4O/c1-7-13(16)8(2)19(18-7)6-12(20)17-9-3-4-11(15)10(14)5-9/h3-5H,6,16H2,1-2H3,(H,17,20). The van der Waals surface area contributed by atoms with Crippen LogP contribution in [0.25, 0.3) is 0 Å². The largest absolute Gasteiger partial charge is 0.396 e. The number of nitrogens with two attached hydrogens (primary N) is 1. The summed E-state index contributed by atoms with van der Waals surface area (Å²) in [5.41, 5.74) is 8.63. The van der Waals surface area contributed by atoms with E-state index in [1.54, 1.807) is 22.9 Å². The summed E-state index contributed by atoms with van der Waals surface area (Å²) >= 11 is 9.21. The maximum absolute atomic E-state index is 12.0. The third kappa shape index (κ3) is 3.13. The van der Waals surface area contributed by atoms with Crippen LogP contribution in [0.2, 0.25) is 5.02 Å². The predicted octanol–water partition coefficient (Wildman–Crippen LogP) is 3.14. The summed E-state index contributed by atoms with van der Waals surface area (Å²) < 4.78 is 2.32. The smallest absolute Gasteiger partial charge is 0.246 e. The molecule has 0 spiro atoms. The van der Waals surface area contributed by atoms with Gasteiger partial charge in [0.15, 0.2) is 0 Å². The number of nitrogens with one attached hydrogen (secondary N) is 1. The number of rotatable bonds is 3. The number of hydrogen-bond acceptors (Lipinski definition) is 3. The number of amides is 1. The summed E-state index contributed by atoms with van der Waals surface area (Å²) in [6.45, 7) is 3.76. The van der Waals surface area contributed by atoms with Gasteiger partial charge in [-0.15, -0.1) is 0 Å². The van der Waals surface area contributed by atoms with Crippen molar-refractivity contribution in [2.45, 2.75) is 20.4 Å². The molecule has 0 radical (unpaired) electrons. The summed E-state index contributed by atoms with van der Waals surface area (Å²) in [6.07, 6.45) is 0. The lowest BCUT2D eigenvalue weighted by atomic mass is 10.3. The lowest BCUT2D eigenvalue weighted by Crippen LogP contribution is -2.20. The van der Waals surface area contributed by atoms with Gasteiger partial charge < -0.3 is 11.1 Å². The van der Waals surface area contributed by atoms with E-state index >= 15 is 0 Å². The zero-order valence-corrected chi connectivity index (χ0v) is 13.4. The fourth-order valence-electron chi connectivity index (χ4n) is 1.78. The Kier molecular flexibility index (Phi) is 4.35. The zero-order chi connectivity index (χ0) is 14.9. The van der Waals surface area contributed by atoms with E-state index in [-0.39, 0.29) is 12.5 Å². The first-order valence-corrected chi connectivity index (χ1v) is 7.10. The van der Waals surface area contributed by atoms with Gasteiger partial charge in [0, 0.05) is 10.2 Å². The number of aryl methyl sites for hydroxylation is 1. The molecule has 106 valence electrons. The van der Waals surface area contributed by atoms with Crippen LogP contribution in [-0.4, -0.2) is 15.7 Å². The highest BCUT2D eigenvalue weighted by molar-refractivity contribution is 9.10. The third-order valence-corrected chi connectivity index (χ3v) is 4.15. The molecule has 2 rings (SSSR count). The first-order valence-electron chi connectivity index (χ1n) is 5.93. The fraction of sp³-hybridized carbons (Fsp3) is 0.231. The topological polar surface area (TPSA) is 72.9 Å². The van der Waals surface area contributed by atoms with Crippen LogP contribution in [0.5, 0.6) is 0 Å². The van der Waals surface area contributed by atoms with Crippen molar-refractivity contribution in [2.24, 2.45) is 0 Å². The summed E-state index contributed by atoms with van der Waals surface area (Å²) in [5.74, 6) is -0.176. The first kappa shape index (κ1) is 14.9. The van der Waals surface area contributed by atoms with Gasteiger partial charge in [-0.1, -0.05) is 11.6 Å². The quantitative estimate of drug-likeness (QED) is 0.886. The van der Waals surface area contributed by atoms with E-state index in [9.17, 15) is 4.79 Å². The lowest BCUT2D eigenvalue weighted by Gasteiger charge is -2.07. The van der Waals surface area contributed by atoms with Crippen molar-refractivity contribution in [3.05, 3.63) is 39.1 Å². The number of carbonyl (C=O) groups excluding carboxylic acids is 1. The number of anilines is 2. The van der Waals surface area contributed by atoms with Crippen LogP contribution in [0.15, 0.2) is 22.7 Å². The molecular weight excluding hydrogens is 344 g/mol. The lowest BCUT2D eigenvalue weighted by molar-refractivity contribution is -0.116. The average Bonchev–Trinajstić information content (AvgIpc) is 2.61. The summed E-state index contributed by atoms with van der Waals surface area (Å²) in [6, 6.07) is 5.19. The van der Waals surface area contributed by atoms with Crippen molar-refractivity contribution >= 4 is 44.8 Å². The summed E-state index contributed by atoms with van der Waals surface area (Å²) in [5, 5.41) is 7.60. The SMILES string of the molecule is Cc1nn(CC(=O)Nc2ccc(Cl)c(Br)c2)c(C)c1N. The molecule has 5 nitrogen and oxygen atoms in total. The van der Waals surface area contributed by atoms with Gasteiger partial charge in [-0.25, -0.2) is 0 Å². The molecule has 1 amide bonds. The Morgan fingerprint density at radius 1 is 1.50 bits per heavy atom. The monoisotopic (exact) mass is 356 g/mol. The number of nitrogens with zero attached hydrogens (tertiary/aromatic N) is 2. The van der Waals surface area contributed by atoms with Crippen molar-refractivity contribution in [1.82, 2.24) is 9.78 Å².